The van der Waals surface area contributed by atoms with E-state index in [2.05, 4.69) is 24.0 Å². The topological polar surface area (TPSA) is 12.5 Å². The molecule has 1 aromatic carbocycles. The van der Waals surface area contributed by atoms with E-state index < -0.39 is 0 Å². The second-order valence-corrected chi connectivity index (χ2v) is 3.43. The maximum Gasteiger partial charge on any atom is 0.142 e. The lowest BCUT2D eigenvalue weighted by atomic mass is 10.1. The molecule has 0 saturated heterocycles. The van der Waals surface area contributed by atoms with Crippen LogP contribution in [0, 0.1) is 0 Å². The second-order valence-electron chi connectivity index (χ2n) is 3.43. The Morgan fingerprint density at radius 1 is 1.38 bits per heavy atom. The Labute approximate surface area is 79.1 Å². The molecule has 0 spiro atoms. The van der Waals surface area contributed by atoms with Crippen LogP contribution in [0.3, 0.4) is 0 Å². The van der Waals surface area contributed by atoms with Gasteiger partial charge in [-0.2, -0.15) is 0 Å². The van der Waals surface area contributed by atoms with Gasteiger partial charge in [-0.05, 0) is 12.5 Å². The third-order valence-corrected chi connectivity index (χ3v) is 2.31. The minimum Gasteiger partial charge on any atom is -0.478 e. The highest BCUT2D eigenvalue weighted by Crippen LogP contribution is 2.23. The molecule has 70 valence electrons. The van der Waals surface area contributed by atoms with Crippen LogP contribution in [0.2, 0.25) is 0 Å². The molecule has 0 aromatic heterocycles. The summed E-state index contributed by atoms with van der Waals surface area (Å²) in [5, 5.41) is 0. The molecule has 2 nitrogen and oxygen atoms in total. The number of benzene rings is 1. The van der Waals surface area contributed by atoms with E-state index in [0.717, 1.165) is 25.6 Å². The van der Waals surface area contributed by atoms with E-state index in [9.17, 15) is 0 Å². The smallest absolute Gasteiger partial charge is 0.142 e. The SMILES string of the molecule is CCCN1COc2ccccc2C1. The van der Waals surface area contributed by atoms with Gasteiger partial charge < -0.3 is 4.74 Å². The molecule has 0 saturated carbocycles. The zero-order valence-corrected chi connectivity index (χ0v) is 7.99. The van der Waals surface area contributed by atoms with Crippen LogP contribution >= 0.6 is 0 Å². The molecule has 1 aliphatic heterocycles. The van der Waals surface area contributed by atoms with Gasteiger partial charge in [0.25, 0.3) is 0 Å². The van der Waals surface area contributed by atoms with E-state index in [-0.39, 0.29) is 0 Å². The first-order chi connectivity index (χ1) is 6.40. The highest BCUT2D eigenvalue weighted by atomic mass is 16.5. The Hall–Kier alpha value is -1.02. The van der Waals surface area contributed by atoms with Gasteiger partial charge >= 0.3 is 0 Å². The first-order valence-corrected chi connectivity index (χ1v) is 4.83. The number of para-hydroxylation sites is 1. The zero-order valence-electron chi connectivity index (χ0n) is 7.99. The van der Waals surface area contributed by atoms with Crippen LogP contribution in [0.4, 0.5) is 0 Å². The number of nitrogens with zero attached hydrogens (tertiary/aromatic N) is 1. The van der Waals surface area contributed by atoms with Crippen molar-refractivity contribution in [1.29, 1.82) is 0 Å². The molecule has 0 bridgehead atoms. The van der Waals surface area contributed by atoms with Crippen LogP contribution in [0.5, 0.6) is 5.75 Å². The van der Waals surface area contributed by atoms with E-state index in [1.54, 1.807) is 0 Å². The number of hydrogen-bond acceptors (Lipinski definition) is 2. The van der Waals surface area contributed by atoms with Crippen LogP contribution in [0.1, 0.15) is 18.9 Å². The quantitative estimate of drug-likeness (QED) is 0.687. The molecule has 0 radical (unpaired) electrons. The summed E-state index contributed by atoms with van der Waals surface area (Å²) in [6.45, 7) is 5.09. The minimum atomic E-state index is 0.741. The molecular formula is C11H15NO. The van der Waals surface area contributed by atoms with E-state index >= 15 is 0 Å². The lowest BCUT2D eigenvalue weighted by Crippen LogP contribution is -2.32. The van der Waals surface area contributed by atoms with Gasteiger partial charge in [-0.25, -0.2) is 0 Å². The predicted molar refractivity (Wildman–Crippen MR) is 52.6 cm³/mol. The van der Waals surface area contributed by atoms with Gasteiger partial charge in [0.2, 0.25) is 0 Å². The van der Waals surface area contributed by atoms with E-state index in [4.69, 9.17) is 4.74 Å². The number of rotatable bonds is 2. The van der Waals surface area contributed by atoms with E-state index in [0.29, 0.717) is 0 Å². The summed E-state index contributed by atoms with van der Waals surface area (Å²) >= 11 is 0. The maximum absolute atomic E-state index is 5.61. The first-order valence-electron chi connectivity index (χ1n) is 4.83. The van der Waals surface area contributed by atoms with Crippen molar-refractivity contribution >= 4 is 0 Å². The molecule has 0 amide bonds. The van der Waals surface area contributed by atoms with Gasteiger partial charge in [0.05, 0.1) is 0 Å². The van der Waals surface area contributed by atoms with Crippen molar-refractivity contribution in [3.05, 3.63) is 29.8 Å². The highest BCUT2D eigenvalue weighted by Gasteiger charge is 2.14. The second kappa shape index (κ2) is 3.79. The molecule has 13 heavy (non-hydrogen) atoms. The highest BCUT2D eigenvalue weighted by molar-refractivity contribution is 5.34. The number of hydrogen-bond donors (Lipinski definition) is 0. The molecule has 2 heteroatoms. The summed E-state index contributed by atoms with van der Waals surface area (Å²) in [6.07, 6.45) is 1.19. The van der Waals surface area contributed by atoms with Gasteiger partial charge in [0.15, 0.2) is 0 Å². The van der Waals surface area contributed by atoms with Crippen molar-refractivity contribution in [3.63, 3.8) is 0 Å². The Morgan fingerprint density at radius 2 is 2.23 bits per heavy atom. The summed E-state index contributed by atoms with van der Waals surface area (Å²) in [5.41, 5.74) is 1.31. The summed E-state index contributed by atoms with van der Waals surface area (Å²) in [7, 11) is 0. The average Bonchev–Trinajstić information content (AvgIpc) is 2.18. The zero-order chi connectivity index (χ0) is 9.10. The van der Waals surface area contributed by atoms with Crippen molar-refractivity contribution in [2.45, 2.75) is 19.9 Å². The monoisotopic (exact) mass is 177 g/mol. The molecule has 2 rings (SSSR count). The Kier molecular flexibility index (Phi) is 2.50. The molecule has 0 aliphatic carbocycles. The molecule has 1 heterocycles. The molecular weight excluding hydrogens is 162 g/mol. The lowest BCUT2D eigenvalue weighted by molar-refractivity contribution is 0.0955. The lowest BCUT2D eigenvalue weighted by Gasteiger charge is -2.28. The maximum atomic E-state index is 5.61. The van der Waals surface area contributed by atoms with Crippen molar-refractivity contribution in [1.82, 2.24) is 4.90 Å². The number of ether oxygens (including phenoxy) is 1. The van der Waals surface area contributed by atoms with Gasteiger partial charge in [-0.15, -0.1) is 0 Å². The van der Waals surface area contributed by atoms with Crippen LogP contribution in [-0.4, -0.2) is 18.2 Å². The van der Waals surface area contributed by atoms with E-state index in [1.165, 1.54) is 12.0 Å². The Morgan fingerprint density at radius 3 is 3.08 bits per heavy atom. The molecule has 0 fully saturated rings. The molecule has 0 unspecified atom stereocenters. The normalized spacial score (nSPS) is 16.4. The standard InChI is InChI=1S/C11H15NO/c1-2-7-12-8-10-5-3-4-6-11(10)13-9-12/h3-6H,2,7-9H2,1H3. The first kappa shape index (κ1) is 8.57. The molecule has 0 atom stereocenters. The van der Waals surface area contributed by atoms with Crippen LogP contribution in [-0.2, 0) is 6.54 Å². The molecule has 1 aromatic rings. The van der Waals surface area contributed by atoms with Crippen LogP contribution < -0.4 is 4.74 Å². The van der Waals surface area contributed by atoms with Gasteiger partial charge in [0, 0.05) is 18.7 Å². The van der Waals surface area contributed by atoms with Gasteiger partial charge in [-0.3, -0.25) is 4.90 Å². The summed E-state index contributed by atoms with van der Waals surface area (Å²) in [5.74, 6) is 1.05. The van der Waals surface area contributed by atoms with Gasteiger partial charge in [0.1, 0.15) is 12.5 Å². The summed E-state index contributed by atoms with van der Waals surface area (Å²) < 4.78 is 5.61. The third-order valence-electron chi connectivity index (χ3n) is 2.31. The Bertz CT molecular complexity index is 285. The van der Waals surface area contributed by atoms with Crippen LogP contribution in [0.15, 0.2) is 24.3 Å². The summed E-state index contributed by atoms with van der Waals surface area (Å²) in [6, 6.07) is 8.27. The third kappa shape index (κ3) is 1.83. The fourth-order valence-electron chi connectivity index (χ4n) is 1.68. The Balaban J connectivity index is 2.11. The van der Waals surface area contributed by atoms with E-state index in [1.807, 2.05) is 12.1 Å². The largest absolute Gasteiger partial charge is 0.478 e. The fraction of sp³-hybridized carbons (Fsp3) is 0.455. The van der Waals surface area contributed by atoms with Gasteiger partial charge in [-0.1, -0.05) is 25.1 Å². The minimum absolute atomic E-state index is 0.741. The van der Waals surface area contributed by atoms with Crippen LogP contribution in [0.25, 0.3) is 0 Å². The van der Waals surface area contributed by atoms with Crippen molar-refractivity contribution in [2.24, 2.45) is 0 Å². The van der Waals surface area contributed by atoms with Crippen molar-refractivity contribution < 1.29 is 4.74 Å². The number of fused-ring (bicyclic) bond motifs is 1. The van der Waals surface area contributed by atoms with Crippen molar-refractivity contribution in [3.8, 4) is 5.75 Å². The fourth-order valence-corrected chi connectivity index (χ4v) is 1.68. The summed E-state index contributed by atoms with van der Waals surface area (Å²) in [4.78, 5) is 2.32. The molecule has 1 aliphatic rings. The average molecular weight is 177 g/mol. The predicted octanol–water partition coefficient (Wildman–Crippen LogP) is 2.25. The van der Waals surface area contributed by atoms with Crippen molar-refractivity contribution in [2.75, 3.05) is 13.3 Å². The molecule has 0 N–H and O–H groups in total.